The Hall–Kier alpha value is -2.08. The van der Waals surface area contributed by atoms with E-state index in [1.54, 1.807) is 5.56 Å². The molecule has 0 saturated heterocycles. The summed E-state index contributed by atoms with van der Waals surface area (Å²) in [5.74, 6) is 1.49. The van der Waals surface area contributed by atoms with Crippen LogP contribution in [-0.2, 0) is 10.8 Å². The van der Waals surface area contributed by atoms with Crippen LogP contribution < -0.4 is 0 Å². The van der Waals surface area contributed by atoms with Gasteiger partial charge < -0.3 is 0 Å². The van der Waals surface area contributed by atoms with Gasteiger partial charge in [-0.15, -0.1) is 0 Å². The first-order valence-corrected chi connectivity index (χ1v) is 12.0. The van der Waals surface area contributed by atoms with Crippen molar-refractivity contribution in [3.05, 3.63) is 75.9 Å². The summed E-state index contributed by atoms with van der Waals surface area (Å²) in [4.78, 5) is 0. The third kappa shape index (κ3) is 3.73. The molecule has 4 rings (SSSR count). The maximum absolute atomic E-state index is 2.51. The Morgan fingerprint density at radius 3 is 1.87 bits per heavy atom. The van der Waals surface area contributed by atoms with E-state index < -0.39 is 0 Å². The molecule has 0 radical (unpaired) electrons. The zero-order chi connectivity index (χ0) is 22.9. The maximum atomic E-state index is 2.51. The van der Waals surface area contributed by atoms with Crippen LogP contribution in [0, 0.1) is 11.8 Å². The largest absolute Gasteiger partial charge is 0.0743 e. The molecule has 0 saturated carbocycles. The van der Waals surface area contributed by atoms with Crippen molar-refractivity contribution >= 4 is 5.57 Å². The van der Waals surface area contributed by atoms with Crippen molar-refractivity contribution in [3.8, 4) is 11.1 Å². The molecule has 2 aromatic carbocycles. The third-order valence-corrected chi connectivity index (χ3v) is 7.27. The predicted octanol–water partition coefficient (Wildman–Crippen LogP) is 9.03. The lowest BCUT2D eigenvalue weighted by molar-refractivity contribution is 0.567. The Morgan fingerprint density at radius 1 is 0.774 bits per heavy atom. The molecule has 0 heterocycles. The van der Waals surface area contributed by atoms with Crippen molar-refractivity contribution in [1.29, 1.82) is 0 Å². The van der Waals surface area contributed by atoms with E-state index in [2.05, 4.69) is 112 Å². The Balaban J connectivity index is 2.06. The number of fused-ring (bicyclic) bond motifs is 3. The van der Waals surface area contributed by atoms with E-state index in [0.29, 0.717) is 17.8 Å². The highest BCUT2D eigenvalue weighted by atomic mass is 14.4. The molecule has 0 nitrogen and oxygen atoms in total. The minimum absolute atomic E-state index is 0.117. The second kappa shape index (κ2) is 7.22. The smallest absolute Gasteiger partial charge is 0.0131 e. The molecular weight excluding hydrogens is 372 g/mol. The van der Waals surface area contributed by atoms with E-state index in [1.807, 2.05) is 0 Å². The molecule has 2 aliphatic carbocycles. The predicted molar refractivity (Wildman–Crippen MR) is 137 cm³/mol. The minimum Gasteiger partial charge on any atom is -0.0743 e. The second-order valence-electron chi connectivity index (χ2n) is 12.3. The average Bonchev–Trinajstić information content (AvgIpc) is 3.15. The van der Waals surface area contributed by atoms with Gasteiger partial charge >= 0.3 is 0 Å². The molecule has 2 atom stereocenters. The van der Waals surface area contributed by atoms with Crippen LogP contribution in [0.1, 0.15) is 103 Å². The summed E-state index contributed by atoms with van der Waals surface area (Å²) in [7, 11) is 0. The molecule has 0 aliphatic heterocycles. The molecule has 31 heavy (non-hydrogen) atoms. The highest BCUT2D eigenvalue weighted by Crippen LogP contribution is 2.54. The number of hydrogen-bond acceptors (Lipinski definition) is 0. The maximum Gasteiger partial charge on any atom is 0.0131 e. The van der Waals surface area contributed by atoms with Crippen LogP contribution in [0.5, 0.6) is 0 Å². The Bertz CT molecular complexity index is 1090. The van der Waals surface area contributed by atoms with Crippen LogP contribution in [0.3, 0.4) is 0 Å². The summed E-state index contributed by atoms with van der Waals surface area (Å²) < 4.78 is 0. The summed E-state index contributed by atoms with van der Waals surface area (Å²) in [6.45, 7) is 23.4. The van der Waals surface area contributed by atoms with Crippen molar-refractivity contribution in [3.63, 3.8) is 0 Å². The molecule has 0 fully saturated rings. The third-order valence-electron chi connectivity index (χ3n) is 7.27. The lowest BCUT2D eigenvalue weighted by Gasteiger charge is -2.26. The van der Waals surface area contributed by atoms with Gasteiger partial charge in [-0.25, -0.2) is 0 Å². The summed E-state index contributed by atoms with van der Waals surface area (Å²) >= 11 is 0. The first kappa shape index (κ1) is 22.1. The number of rotatable bonds is 2. The van der Waals surface area contributed by atoms with Gasteiger partial charge in [0.25, 0.3) is 0 Å². The number of allylic oxidation sites excluding steroid dienone is 4. The molecule has 0 amide bonds. The van der Waals surface area contributed by atoms with Gasteiger partial charge in [0.05, 0.1) is 0 Å². The zero-order valence-corrected chi connectivity index (χ0v) is 21.3. The van der Waals surface area contributed by atoms with Gasteiger partial charge in [-0.3, -0.25) is 0 Å². The van der Waals surface area contributed by atoms with E-state index in [-0.39, 0.29) is 10.8 Å². The molecule has 0 heteroatoms. The fourth-order valence-corrected chi connectivity index (χ4v) is 5.49. The molecule has 0 aromatic heterocycles. The average molecular weight is 413 g/mol. The SMILES string of the molecule is CC1=CC(C)C(c2cc(C(C)(C)C)cc3c2C(C(C)C)c2ccc(C(C)(C)C)cc2-3)=C1. The van der Waals surface area contributed by atoms with E-state index >= 15 is 0 Å². The van der Waals surface area contributed by atoms with Crippen LogP contribution in [0.15, 0.2) is 48.1 Å². The van der Waals surface area contributed by atoms with Crippen LogP contribution >= 0.6 is 0 Å². The van der Waals surface area contributed by atoms with E-state index in [0.717, 1.165) is 0 Å². The van der Waals surface area contributed by atoms with Crippen LogP contribution in [-0.4, -0.2) is 0 Å². The first-order valence-electron chi connectivity index (χ1n) is 12.0. The summed E-state index contributed by atoms with van der Waals surface area (Å²) in [5.41, 5.74) is 13.5. The van der Waals surface area contributed by atoms with Crippen molar-refractivity contribution in [2.75, 3.05) is 0 Å². The molecule has 0 bridgehead atoms. The lowest BCUT2D eigenvalue weighted by atomic mass is 9.77. The van der Waals surface area contributed by atoms with Gasteiger partial charge in [0.1, 0.15) is 0 Å². The van der Waals surface area contributed by atoms with Crippen molar-refractivity contribution in [2.24, 2.45) is 11.8 Å². The molecule has 2 unspecified atom stereocenters. The molecule has 2 aliphatic rings. The Labute approximate surface area is 190 Å². The minimum atomic E-state index is 0.117. The van der Waals surface area contributed by atoms with Gasteiger partial charge in [-0.05, 0) is 68.2 Å². The molecular formula is C31H40. The first-order chi connectivity index (χ1) is 14.3. The quantitative estimate of drug-likeness (QED) is 0.461. The fourth-order valence-electron chi connectivity index (χ4n) is 5.49. The highest BCUT2D eigenvalue weighted by Gasteiger charge is 2.36. The molecule has 164 valence electrons. The Kier molecular flexibility index (Phi) is 5.16. The van der Waals surface area contributed by atoms with Crippen LogP contribution in [0.25, 0.3) is 16.7 Å². The van der Waals surface area contributed by atoms with Gasteiger partial charge in [0, 0.05) is 11.8 Å². The Morgan fingerprint density at radius 2 is 1.35 bits per heavy atom. The van der Waals surface area contributed by atoms with Crippen LogP contribution in [0.4, 0.5) is 0 Å². The van der Waals surface area contributed by atoms with Crippen LogP contribution in [0.2, 0.25) is 0 Å². The number of hydrogen-bond donors (Lipinski definition) is 0. The number of benzene rings is 2. The standard InChI is InChI=1S/C31H40/c1-18(2)28-23-12-11-21(30(5,6)7)15-25(23)27-17-22(31(8,9)10)16-26(29(27)28)24-14-19(3)13-20(24)4/h11-18,20,28H,1-10H3. The molecule has 2 aromatic rings. The van der Waals surface area contributed by atoms with Gasteiger partial charge in [-0.2, -0.15) is 0 Å². The van der Waals surface area contributed by atoms with Gasteiger partial charge in [-0.1, -0.05) is 110 Å². The van der Waals surface area contributed by atoms with Gasteiger partial charge in [0.15, 0.2) is 0 Å². The molecule has 0 N–H and O–H groups in total. The van der Waals surface area contributed by atoms with E-state index in [1.165, 1.54) is 44.5 Å². The van der Waals surface area contributed by atoms with Gasteiger partial charge in [0.2, 0.25) is 0 Å². The summed E-state index contributed by atoms with van der Waals surface area (Å²) in [6, 6.07) is 12.3. The highest BCUT2D eigenvalue weighted by molar-refractivity contribution is 5.88. The van der Waals surface area contributed by atoms with Crippen molar-refractivity contribution in [1.82, 2.24) is 0 Å². The van der Waals surface area contributed by atoms with Crippen molar-refractivity contribution < 1.29 is 0 Å². The fraction of sp³-hybridized carbons (Fsp3) is 0.484. The summed E-state index contributed by atoms with van der Waals surface area (Å²) in [6.07, 6.45) is 4.84. The van der Waals surface area contributed by atoms with Crippen molar-refractivity contribution in [2.45, 2.75) is 86.0 Å². The van der Waals surface area contributed by atoms with E-state index in [4.69, 9.17) is 0 Å². The normalized spacial score (nSPS) is 20.6. The molecule has 0 spiro atoms. The summed E-state index contributed by atoms with van der Waals surface area (Å²) in [5, 5.41) is 0. The monoisotopic (exact) mass is 412 g/mol. The second-order valence-corrected chi connectivity index (χ2v) is 12.3. The lowest BCUT2D eigenvalue weighted by Crippen LogP contribution is -2.14. The zero-order valence-electron chi connectivity index (χ0n) is 21.3. The van der Waals surface area contributed by atoms with E-state index in [9.17, 15) is 0 Å². The topological polar surface area (TPSA) is 0 Å².